The molecule has 0 amide bonds. The van der Waals surface area contributed by atoms with Gasteiger partial charge in [0.05, 0.1) is 0 Å². The molecule has 0 saturated heterocycles. The third kappa shape index (κ3) is 1.79. The van der Waals surface area contributed by atoms with Crippen LogP contribution in [0.5, 0.6) is 0 Å². The number of benzene rings is 1. The first-order valence-corrected chi connectivity index (χ1v) is 5.04. The molecule has 14 heavy (non-hydrogen) atoms. The molecule has 0 spiro atoms. The molecular weight excluding hydrogens is 174 g/mol. The van der Waals surface area contributed by atoms with E-state index in [0.717, 1.165) is 18.0 Å². The van der Waals surface area contributed by atoms with Crippen LogP contribution in [0, 0.1) is 5.92 Å². The smallest absolute Gasteiger partial charge is 0.216 e. The van der Waals surface area contributed by atoms with Crippen LogP contribution in [0.3, 0.4) is 0 Å². The summed E-state index contributed by atoms with van der Waals surface area (Å²) >= 11 is 0. The van der Waals surface area contributed by atoms with Crippen LogP contribution in [0.2, 0.25) is 0 Å². The second-order valence-electron chi connectivity index (χ2n) is 3.81. The SMILES string of the molecule is CC1CN=C(c2ccccc2)OC1C. The number of rotatable bonds is 1. The first-order chi connectivity index (χ1) is 6.77. The molecule has 0 N–H and O–H groups in total. The fraction of sp³-hybridized carbons (Fsp3) is 0.417. The Morgan fingerprint density at radius 1 is 1.21 bits per heavy atom. The number of nitrogens with zero attached hydrogens (tertiary/aromatic N) is 1. The van der Waals surface area contributed by atoms with E-state index >= 15 is 0 Å². The van der Waals surface area contributed by atoms with Crippen LogP contribution in [0.1, 0.15) is 19.4 Å². The number of aliphatic imine (C=N–C) groups is 1. The molecule has 74 valence electrons. The minimum Gasteiger partial charge on any atom is -0.474 e. The summed E-state index contributed by atoms with van der Waals surface area (Å²) in [6.07, 6.45) is 0.266. The van der Waals surface area contributed by atoms with Crippen LogP contribution in [-0.2, 0) is 4.74 Å². The Bertz CT molecular complexity index is 331. The third-order valence-corrected chi connectivity index (χ3v) is 2.64. The summed E-state index contributed by atoms with van der Waals surface area (Å²) in [6.45, 7) is 5.13. The van der Waals surface area contributed by atoms with Crippen molar-refractivity contribution in [1.29, 1.82) is 0 Å². The van der Waals surface area contributed by atoms with Crippen molar-refractivity contribution in [3.05, 3.63) is 35.9 Å². The molecule has 1 aliphatic heterocycles. The van der Waals surface area contributed by atoms with Gasteiger partial charge < -0.3 is 4.74 Å². The molecule has 2 nitrogen and oxygen atoms in total. The second kappa shape index (κ2) is 3.82. The van der Waals surface area contributed by atoms with Crippen molar-refractivity contribution >= 4 is 5.90 Å². The van der Waals surface area contributed by atoms with Crippen molar-refractivity contribution in [2.24, 2.45) is 10.9 Å². The van der Waals surface area contributed by atoms with Crippen LogP contribution in [0.15, 0.2) is 35.3 Å². The Morgan fingerprint density at radius 2 is 1.93 bits per heavy atom. The van der Waals surface area contributed by atoms with Crippen LogP contribution in [0.4, 0.5) is 0 Å². The molecule has 1 aliphatic rings. The van der Waals surface area contributed by atoms with Crippen LogP contribution < -0.4 is 0 Å². The Morgan fingerprint density at radius 3 is 2.57 bits per heavy atom. The molecule has 0 fully saturated rings. The summed E-state index contributed by atoms with van der Waals surface area (Å²) < 4.78 is 5.73. The lowest BCUT2D eigenvalue weighted by Gasteiger charge is -2.26. The van der Waals surface area contributed by atoms with Crippen molar-refractivity contribution in [3.8, 4) is 0 Å². The van der Waals surface area contributed by atoms with E-state index in [1.54, 1.807) is 0 Å². The fourth-order valence-corrected chi connectivity index (χ4v) is 1.44. The van der Waals surface area contributed by atoms with E-state index in [1.165, 1.54) is 0 Å². The van der Waals surface area contributed by atoms with Gasteiger partial charge in [-0.15, -0.1) is 0 Å². The normalized spacial score (nSPS) is 26.6. The van der Waals surface area contributed by atoms with Crippen molar-refractivity contribution in [2.45, 2.75) is 20.0 Å². The number of ether oxygens (including phenoxy) is 1. The molecule has 2 unspecified atom stereocenters. The van der Waals surface area contributed by atoms with Gasteiger partial charge in [0, 0.05) is 18.0 Å². The molecule has 0 aromatic heterocycles. The Balaban J connectivity index is 2.21. The molecule has 0 aliphatic carbocycles. The molecule has 1 aromatic rings. The summed E-state index contributed by atoms with van der Waals surface area (Å²) in [6, 6.07) is 10.1. The highest BCUT2D eigenvalue weighted by Crippen LogP contribution is 2.16. The predicted octanol–water partition coefficient (Wildman–Crippen LogP) is 2.49. The van der Waals surface area contributed by atoms with Gasteiger partial charge >= 0.3 is 0 Å². The van der Waals surface area contributed by atoms with E-state index in [0.29, 0.717) is 5.92 Å². The molecule has 1 heterocycles. The van der Waals surface area contributed by atoms with E-state index in [-0.39, 0.29) is 6.10 Å². The highest BCUT2D eigenvalue weighted by atomic mass is 16.5. The maximum absolute atomic E-state index is 5.73. The molecule has 2 rings (SSSR count). The first-order valence-electron chi connectivity index (χ1n) is 5.04. The summed E-state index contributed by atoms with van der Waals surface area (Å²) in [7, 11) is 0. The Labute approximate surface area is 84.6 Å². The maximum atomic E-state index is 5.73. The average Bonchev–Trinajstić information content (AvgIpc) is 2.23. The molecule has 2 atom stereocenters. The van der Waals surface area contributed by atoms with Crippen molar-refractivity contribution < 1.29 is 4.74 Å². The van der Waals surface area contributed by atoms with Gasteiger partial charge in [-0.1, -0.05) is 25.1 Å². The minimum atomic E-state index is 0.266. The topological polar surface area (TPSA) is 21.6 Å². The lowest BCUT2D eigenvalue weighted by molar-refractivity contribution is 0.136. The van der Waals surface area contributed by atoms with Gasteiger partial charge in [0.1, 0.15) is 6.10 Å². The largest absolute Gasteiger partial charge is 0.474 e. The van der Waals surface area contributed by atoms with Gasteiger partial charge in [-0.25, -0.2) is 0 Å². The van der Waals surface area contributed by atoms with Crippen LogP contribution in [0.25, 0.3) is 0 Å². The lowest BCUT2D eigenvalue weighted by atomic mass is 10.1. The lowest BCUT2D eigenvalue weighted by Crippen LogP contribution is -2.29. The summed E-state index contributed by atoms with van der Waals surface area (Å²) in [5.74, 6) is 1.30. The highest BCUT2D eigenvalue weighted by Gasteiger charge is 2.21. The summed E-state index contributed by atoms with van der Waals surface area (Å²) in [4.78, 5) is 4.43. The van der Waals surface area contributed by atoms with Gasteiger partial charge in [0.15, 0.2) is 0 Å². The van der Waals surface area contributed by atoms with Crippen molar-refractivity contribution in [3.63, 3.8) is 0 Å². The minimum absolute atomic E-state index is 0.266. The third-order valence-electron chi connectivity index (χ3n) is 2.64. The van der Waals surface area contributed by atoms with E-state index < -0.39 is 0 Å². The summed E-state index contributed by atoms with van der Waals surface area (Å²) in [5.41, 5.74) is 1.08. The molecular formula is C12H15NO. The Kier molecular flexibility index (Phi) is 2.53. The number of hydrogen-bond acceptors (Lipinski definition) is 2. The van der Waals surface area contributed by atoms with E-state index in [4.69, 9.17) is 4.74 Å². The van der Waals surface area contributed by atoms with Gasteiger partial charge in [-0.3, -0.25) is 4.99 Å². The monoisotopic (exact) mass is 189 g/mol. The maximum Gasteiger partial charge on any atom is 0.216 e. The summed E-state index contributed by atoms with van der Waals surface area (Å²) in [5, 5.41) is 0. The molecule has 1 aromatic carbocycles. The zero-order valence-electron chi connectivity index (χ0n) is 8.60. The van der Waals surface area contributed by atoms with E-state index in [1.807, 2.05) is 30.3 Å². The van der Waals surface area contributed by atoms with E-state index in [2.05, 4.69) is 18.8 Å². The fourth-order valence-electron chi connectivity index (χ4n) is 1.44. The first kappa shape index (κ1) is 9.25. The second-order valence-corrected chi connectivity index (χ2v) is 3.81. The molecule has 2 heteroatoms. The highest BCUT2D eigenvalue weighted by molar-refractivity contribution is 5.94. The molecule has 0 radical (unpaired) electrons. The van der Waals surface area contributed by atoms with Gasteiger partial charge in [0.2, 0.25) is 5.90 Å². The van der Waals surface area contributed by atoms with Crippen molar-refractivity contribution in [1.82, 2.24) is 0 Å². The number of hydrogen-bond donors (Lipinski definition) is 0. The predicted molar refractivity (Wildman–Crippen MR) is 57.6 cm³/mol. The zero-order valence-corrected chi connectivity index (χ0v) is 8.60. The Hall–Kier alpha value is -1.31. The van der Waals surface area contributed by atoms with E-state index in [9.17, 15) is 0 Å². The van der Waals surface area contributed by atoms with Crippen LogP contribution >= 0.6 is 0 Å². The molecule has 0 saturated carbocycles. The standard InChI is InChI=1S/C12H15NO/c1-9-8-13-12(14-10(9)2)11-6-4-3-5-7-11/h3-7,9-10H,8H2,1-2H3. The molecule has 0 bridgehead atoms. The average molecular weight is 189 g/mol. The van der Waals surface area contributed by atoms with Crippen molar-refractivity contribution in [2.75, 3.05) is 6.54 Å². The van der Waals surface area contributed by atoms with Gasteiger partial charge in [0.25, 0.3) is 0 Å². The van der Waals surface area contributed by atoms with Crippen LogP contribution in [-0.4, -0.2) is 18.5 Å². The van der Waals surface area contributed by atoms with Gasteiger partial charge in [-0.05, 0) is 19.1 Å². The zero-order chi connectivity index (χ0) is 9.97. The quantitative estimate of drug-likeness (QED) is 0.665. The van der Waals surface area contributed by atoms with Gasteiger partial charge in [-0.2, -0.15) is 0 Å².